The van der Waals surface area contributed by atoms with Crippen LogP contribution in [-0.4, -0.2) is 92.6 Å². The van der Waals surface area contributed by atoms with Gasteiger partial charge in [-0.15, -0.1) is 0 Å². The van der Waals surface area contributed by atoms with Crippen molar-refractivity contribution in [2.24, 2.45) is 4.99 Å². The van der Waals surface area contributed by atoms with Crippen molar-refractivity contribution < 1.29 is 9.53 Å². The highest BCUT2D eigenvalue weighted by atomic mass is 16.5. The number of guanidine groups is 1. The molecule has 0 spiro atoms. The van der Waals surface area contributed by atoms with Crippen molar-refractivity contribution in [3.8, 4) is 5.75 Å². The Bertz CT molecular complexity index is 650. The molecule has 3 rings (SSSR count). The first kappa shape index (κ1) is 21.4. The lowest BCUT2D eigenvalue weighted by atomic mass is 10.2. The summed E-state index contributed by atoms with van der Waals surface area (Å²) >= 11 is 0. The van der Waals surface area contributed by atoms with Crippen molar-refractivity contribution in [2.45, 2.75) is 31.7 Å². The van der Waals surface area contributed by atoms with Crippen LogP contribution in [0.2, 0.25) is 0 Å². The molecule has 1 saturated carbocycles. The first-order chi connectivity index (χ1) is 14.1. The lowest BCUT2D eigenvalue weighted by molar-refractivity contribution is -0.127. The van der Waals surface area contributed by atoms with Gasteiger partial charge in [-0.1, -0.05) is 31.0 Å². The smallest absolute Gasteiger partial charge is 0.243 e. The zero-order valence-corrected chi connectivity index (χ0v) is 17.8. The molecule has 0 unspecified atom stereocenters. The van der Waals surface area contributed by atoms with Crippen LogP contribution >= 0.6 is 0 Å². The topological polar surface area (TPSA) is 60.4 Å². The minimum atomic E-state index is 0.0346. The summed E-state index contributed by atoms with van der Waals surface area (Å²) < 4.78 is 5.83. The summed E-state index contributed by atoms with van der Waals surface area (Å²) in [6, 6.07) is 10.5. The fourth-order valence-corrected chi connectivity index (χ4v) is 3.77. The average Bonchev–Trinajstić information content (AvgIpc) is 3.25. The molecule has 0 aromatic heterocycles. The molecule has 0 radical (unpaired) electrons. The normalized spacial score (nSPS) is 18.7. The molecule has 1 saturated heterocycles. The Kier molecular flexibility index (Phi) is 8.16. The van der Waals surface area contributed by atoms with Gasteiger partial charge in [-0.2, -0.15) is 0 Å². The second kappa shape index (κ2) is 11.0. The Balaban J connectivity index is 1.47. The molecule has 1 aliphatic carbocycles. The summed E-state index contributed by atoms with van der Waals surface area (Å²) in [5.74, 6) is 1.85. The predicted octanol–water partition coefficient (Wildman–Crippen LogP) is 1.66. The number of carbonyl (C=O) groups excluding carboxylic acids is 1. The molecule has 7 heteroatoms. The second-order valence-electron chi connectivity index (χ2n) is 8.04. The van der Waals surface area contributed by atoms with Gasteiger partial charge in [0.05, 0.1) is 0 Å². The molecular formula is C22H35N5O2. The number of nitrogens with one attached hydrogen (secondary N) is 1. The van der Waals surface area contributed by atoms with Crippen LogP contribution in [0.1, 0.15) is 25.7 Å². The molecule has 7 nitrogen and oxygen atoms in total. The third kappa shape index (κ3) is 6.92. The van der Waals surface area contributed by atoms with Gasteiger partial charge in [-0.3, -0.25) is 9.69 Å². The number of nitrogens with zero attached hydrogens (tertiary/aromatic N) is 4. The van der Waals surface area contributed by atoms with Gasteiger partial charge >= 0.3 is 0 Å². The summed E-state index contributed by atoms with van der Waals surface area (Å²) in [5, 5.41) is 3.62. The lowest BCUT2D eigenvalue weighted by Gasteiger charge is -2.37. The fraction of sp³-hybridized carbons (Fsp3) is 0.636. The first-order valence-corrected chi connectivity index (χ1v) is 10.8. The van der Waals surface area contributed by atoms with Crippen LogP contribution in [-0.2, 0) is 4.79 Å². The highest BCUT2D eigenvalue weighted by Gasteiger charge is 2.23. The number of benzene rings is 1. The predicted molar refractivity (Wildman–Crippen MR) is 116 cm³/mol. The molecule has 1 heterocycles. The van der Waals surface area contributed by atoms with Crippen molar-refractivity contribution in [2.75, 3.05) is 60.0 Å². The molecule has 29 heavy (non-hydrogen) atoms. The van der Waals surface area contributed by atoms with Crippen LogP contribution < -0.4 is 10.1 Å². The van der Waals surface area contributed by atoms with E-state index in [2.05, 4.69) is 20.1 Å². The maximum Gasteiger partial charge on any atom is 0.243 e. The molecule has 1 aliphatic heterocycles. The summed E-state index contributed by atoms with van der Waals surface area (Å²) in [6.45, 7) is 5.61. The van der Waals surface area contributed by atoms with Gasteiger partial charge in [-0.05, 0) is 25.0 Å². The van der Waals surface area contributed by atoms with E-state index < -0.39 is 0 Å². The Labute approximate surface area is 174 Å². The summed E-state index contributed by atoms with van der Waals surface area (Å²) in [5.41, 5.74) is 0. The Morgan fingerprint density at radius 3 is 2.48 bits per heavy atom. The van der Waals surface area contributed by atoms with Crippen molar-refractivity contribution >= 4 is 11.9 Å². The van der Waals surface area contributed by atoms with Crippen LogP contribution in [0.5, 0.6) is 5.75 Å². The third-order valence-corrected chi connectivity index (χ3v) is 5.64. The van der Waals surface area contributed by atoms with E-state index in [4.69, 9.17) is 4.74 Å². The monoisotopic (exact) mass is 401 g/mol. The summed E-state index contributed by atoms with van der Waals surface area (Å²) in [6.07, 6.45) is 4.93. The van der Waals surface area contributed by atoms with Gasteiger partial charge in [0, 0.05) is 52.9 Å². The number of para-hydroxylation sites is 1. The zero-order chi connectivity index (χ0) is 20.5. The van der Waals surface area contributed by atoms with Gasteiger partial charge < -0.3 is 19.9 Å². The number of rotatable bonds is 7. The number of piperazine rings is 1. The van der Waals surface area contributed by atoms with Gasteiger partial charge in [-0.25, -0.2) is 4.99 Å². The first-order valence-electron chi connectivity index (χ1n) is 10.8. The van der Waals surface area contributed by atoms with Crippen molar-refractivity contribution in [3.63, 3.8) is 0 Å². The standard InChI is InChI=1S/C22H35N5O2/c1-25(2)21(28)18-23-22(24-19-8-6-7-9-19)27-14-12-26(13-15-27)16-17-29-20-10-4-3-5-11-20/h3-5,10-11,19H,6-9,12-18H2,1-2H3,(H,23,24). The summed E-state index contributed by atoms with van der Waals surface area (Å²) in [4.78, 5) is 23.0. The zero-order valence-electron chi connectivity index (χ0n) is 17.8. The van der Waals surface area contributed by atoms with Crippen molar-refractivity contribution in [3.05, 3.63) is 30.3 Å². The molecular weight excluding hydrogens is 366 g/mol. The SMILES string of the molecule is CN(C)C(=O)CN=C(NC1CCCC1)N1CCN(CCOc2ccccc2)CC1. The van der Waals surface area contributed by atoms with Crippen LogP contribution in [0.25, 0.3) is 0 Å². The van der Waals surface area contributed by atoms with E-state index in [1.54, 1.807) is 19.0 Å². The van der Waals surface area contributed by atoms with Gasteiger partial charge in [0.15, 0.2) is 5.96 Å². The molecule has 0 bridgehead atoms. The molecule has 1 aromatic rings. The highest BCUT2D eigenvalue weighted by Crippen LogP contribution is 2.18. The number of hydrogen-bond donors (Lipinski definition) is 1. The van der Waals surface area contributed by atoms with E-state index in [9.17, 15) is 4.79 Å². The second-order valence-corrected chi connectivity index (χ2v) is 8.04. The van der Waals surface area contributed by atoms with E-state index in [0.717, 1.165) is 44.4 Å². The quantitative estimate of drug-likeness (QED) is 0.556. The molecule has 1 aromatic carbocycles. The molecule has 1 N–H and O–H groups in total. The van der Waals surface area contributed by atoms with Crippen LogP contribution in [0.4, 0.5) is 0 Å². The third-order valence-electron chi connectivity index (χ3n) is 5.64. The molecule has 1 amide bonds. The number of hydrogen-bond acceptors (Lipinski definition) is 4. The number of carbonyl (C=O) groups is 1. The molecule has 2 aliphatic rings. The number of amides is 1. The van der Waals surface area contributed by atoms with E-state index in [1.165, 1.54) is 25.7 Å². The minimum absolute atomic E-state index is 0.0346. The Hall–Kier alpha value is -2.28. The van der Waals surface area contributed by atoms with Gasteiger partial charge in [0.2, 0.25) is 5.91 Å². The van der Waals surface area contributed by atoms with E-state index in [0.29, 0.717) is 12.6 Å². The number of likely N-dealkylation sites (N-methyl/N-ethyl adjacent to an activating group) is 1. The lowest BCUT2D eigenvalue weighted by Crippen LogP contribution is -2.54. The molecule has 2 fully saturated rings. The van der Waals surface area contributed by atoms with Crippen LogP contribution in [0.3, 0.4) is 0 Å². The largest absolute Gasteiger partial charge is 0.492 e. The highest BCUT2D eigenvalue weighted by molar-refractivity contribution is 5.85. The van der Waals surface area contributed by atoms with Crippen LogP contribution in [0, 0.1) is 0 Å². The molecule has 160 valence electrons. The summed E-state index contributed by atoms with van der Waals surface area (Å²) in [7, 11) is 3.55. The minimum Gasteiger partial charge on any atom is -0.492 e. The van der Waals surface area contributed by atoms with Crippen LogP contribution in [0.15, 0.2) is 35.3 Å². The van der Waals surface area contributed by atoms with Crippen molar-refractivity contribution in [1.82, 2.24) is 20.0 Å². The van der Waals surface area contributed by atoms with E-state index in [-0.39, 0.29) is 12.5 Å². The number of aliphatic imine (C=N–C) groups is 1. The Morgan fingerprint density at radius 1 is 1.14 bits per heavy atom. The van der Waals surface area contributed by atoms with E-state index in [1.807, 2.05) is 30.3 Å². The fourth-order valence-electron chi connectivity index (χ4n) is 3.77. The maximum atomic E-state index is 12.0. The maximum absolute atomic E-state index is 12.0. The molecule has 0 atom stereocenters. The Morgan fingerprint density at radius 2 is 1.83 bits per heavy atom. The average molecular weight is 402 g/mol. The van der Waals surface area contributed by atoms with Crippen molar-refractivity contribution in [1.29, 1.82) is 0 Å². The van der Waals surface area contributed by atoms with E-state index >= 15 is 0 Å². The number of ether oxygens (including phenoxy) is 1. The van der Waals surface area contributed by atoms with Gasteiger partial charge in [0.1, 0.15) is 18.9 Å². The van der Waals surface area contributed by atoms with Gasteiger partial charge in [0.25, 0.3) is 0 Å².